The monoisotopic (exact) mass is 454 g/mol. The Labute approximate surface area is 186 Å². The van der Waals surface area contributed by atoms with Crippen molar-refractivity contribution in [2.45, 2.75) is 26.4 Å². The van der Waals surface area contributed by atoms with Crippen LogP contribution in [0.1, 0.15) is 20.8 Å². The number of hydrogen-bond acceptors (Lipinski definition) is 5. The van der Waals surface area contributed by atoms with Crippen molar-refractivity contribution >= 4 is 47.8 Å². The smallest absolute Gasteiger partial charge is 0.410 e. The van der Waals surface area contributed by atoms with Crippen molar-refractivity contribution in [2.24, 2.45) is 5.92 Å². The standard InChI is InChI=1S/C21H24Cl2N2O3S/c1-21(2,3)28-20(26)25-10-13(11-25)12-27-16-6-4-14(5-7-16)19-17(22)8-15(24-29)9-18(19)23/h4-9,13,24,29H,10-12H2,1-3H3. The molecule has 0 spiro atoms. The number of carbonyl (C=O) groups is 1. The van der Waals surface area contributed by atoms with Crippen molar-refractivity contribution in [3.63, 3.8) is 0 Å². The molecular formula is C21H24Cl2N2O3S. The number of ether oxygens (including phenoxy) is 2. The summed E-state index contributed by atoms with van der Waals surface area (Å²) in [5.41, 5.74) is 1.92. The van der Waals surface area contributed by atoms with Gasteiger partial charge in [0, 0.05) is 30.3 Å². The maximum atomic E-state index is 12.0. The van der Waals surface area contributed by atoms with Gasteiger partial charge in [0.15, 0.2) is 0 Å². The van der Waals surface area contributed by atoms with E-state index in [0.717, 1.165) is 22.6 Å². The van der Waals surface area contributed by atoms with Crippen molar-refractivity contribution in [2.75, 3.05) is 24.4 Å². The van der Waals surface area contributed by atoms with Gasteiger partial charge in [0.1, 0.15) is 11.4 Å². The summed E-state index contributed by atoms with van der Waals surface area (Å²) in [5, 5.41) is 1.08. The van der Waals surface area contributed by atoms with Crippen LogP contribution < -0.4 is 9.46 Å². The summed E-state index contributed by atoms with van der Waals surface area (Å²) in [5.74, 6) is 1.05. The SMILES string of the molecule is CC(C)(C)OC(=O)N1CC(COc2ccc(-c3c(Cl)cc(NS)cc3Cl)cc2)C1. The molecule has 0 saturated carbocycles. The van der Waals surface area contributed by atoms with Gasteiger partial charge in [0.05, 0.1) is 16.7 Å². The van der Waals surface area contributed by atoms with Gasteiger partial charge >= 0.3 is 6.09 Å². The first-order chi connectivity index (χ1) is 13.7. The fourth-order valence-corrected chi connectivity index (χ4v) is 3.83. The third-order valence-corrected chi connectivity index (χ3v) is 5.26. The second-order valence-electron chi connectivity index (χ2n) is 8.01. The summed E-state index contributed by atoms with van der Waals surface area (Å²) in [6.45, 7) is 7.42. The molecule has 2 aromatic rings. The van der Waals surface area contributed by atoms with E-state index in [9.17, 15) is 4.79 Å². The van der Waals surface area contributed by atoms with Gasteiger partial charge in [0.25, 0.3) is 0 Å². The van der Waals surface area contributed by atoms with Crippen LogP contribution in [0.2, 0.25) is 10.0 Å². The van der Waals surface area contributed by atoms with Crippen LogP contribution >= 0.6 is 36.0 Å². The quantitative estimate of drug-likeness (QED) is 0.530. The van der Waals surface area contributed by atoms with E-state index >= 15 is 0 Å². The van der Waals surface area contributed by atoms with Crippen LogP contribution in [0.15, 0.2) is 36.4 Å². The molecule has 1 saturated heterocycles. The van der Waals surface area contributed by atoms with E-state index in [-0.39, 0.29) is 6.09 Å². The maximum absolute atomic E-state index is 12.0. The minimum atomic E-state index is -0.476. The van der Waals surface area contributed by atoms with Crippen LogP contribution in [0.25, 0.3) is 11.1 Å². The van der Waals surface area contributed by atoms with E-state index < -0.39 is 5.60 Å². The lowest BCUT2D eigenvalue weighted by Crippen LogP contribution is -2.53. The van der Waals surface area contributed by atoms with Gasteiger partial charge < -0.3 is 19.1 Å². The Morgan fingerprint density at radius 1 is 1.17 bits per heavy atom. The zero-order valence-corrected chi connectivity index (χ0v) is 18.9. The van der Waals surface area contributed by atoms with Crippen molar-refractivity contribution in [1.82, 2.24) is 4.90 Å². The molecule has 2 aromatic carbocycles. The Morgan fingerprint density at radius 3 is 2.28 bits per heavy atom. The second-order valence-corrected chi connectivity index (χ2v) is 9.05. The van der Waals surface area contributed by atoms with E-state index in [1.54, 1.807) is 17.0 Å². The zero-order valence-electron chi connectivity index (χ0n) is 16.5. The normalized spacial score (nSPS) is 14.3. The number of amides is 1. The number of benzene rings is 2. The van der Waals surface area contributed by atoms with Crippen LogP contribution in [-0.2, 0) is 4.74 Å². The molecule has 1 heterocycles. The lowest BCUT2D eigenvalue weighted by molar-refractivity contribution is -0.00781. The second kappa shape index (κ2) is 8.94. The Morgan fingerprint density at radius 2 is 1.76 bits per heavy atom. The summed E-state index contributed by atoms with van der Waals surface area (Å²) < 4.78 is 13.9. The van der Waals surface area contributed by atoms with Crippen molar-refractivity contribution in [1.29, 1.82) is 0 Å². The molecule has 29 heavy (non-hydrogen) atoms. The van der Waals surface area contributed by atoms with Gasteiger partial charge in [-0.25, -0.2) is 4.79 Å². The number of hydrogen-bond donors (Lipinski definition) is 2. The summed E-state index contributed by atoms with van der Waals surface area (Å²) in [6.07, 6.45) is -0.272. The number of likely N-dealkylation sites (tertiary alicyclic amines) is 1. The minimum absolute atomic E-state index is 0.272. The van der Waals surface area contributed by atoms with Gasteiger partial charge in [0.2, 0.25) is 0 Å². The molecule has 0 radical (unpaired) electrons. The molecule has 1 N–H and O–H groups in total. The first-order valence-electron chi connectivity index (χ1n) is 9.26. The van der Waals surface area contributed by atoms with Crippen LogP contribution in [0.3, 0.4) is 0 Å². The third-order valence-electron chi connectivity index (χ3n) is 4.41. The molecule has 0 atom stereocenters. The number of anilines is 1. The molecule has 1 aliphatic rings. The molecular weight excluding hydrogens is 431 g/mol. The minimum Gasteiger partial charge on any atom is -0.493 e. The molecule has 5 nitrogen and oxygen atoms in total. The van der Waals surface area contributed by atoms with Gasteiger partial charge in [-0.15, -0.1) is 0 Å². The molecule has 8 heteroatoms. The number of thiol groups is 1. The fourth-order valence-electron chi connectivity index (χ4n) is 3.00. The highest BCUT2D eigenvalue weighted by Crippen LogP contribution is 2.38. The molecule has 0 unspecified atom stereocenters. The van der Waals surface area contributed by atoms with Gasteiger partial charge in [-0.2, -0.15) is 0 Å². The first-order valence-corrected chi connectivity index (χ1v) is 10.5. The number of rotatable bonds is 5. The maximum Gasteiger partial charge on any atom is 0.410 e. The first kappa shape index (κ1) is 21.9. The van der Waals surface area contributed by atoms with Gasteiger partial charge in [-0.1, -0.05) is 48.1 Å². The number of nitrogens with one attached hydrogen (secondary N) is 1. The number of nitrogens with zero attached hydrogens (tertiary/aromatic N) is 1. The molecule has 156 valence electrons. The van der Waals surface area contributed by atoms with E-state index in [1.165, 1.54) is 0 Å². The summed E-state index contributed by atoms with van der Waals surface area (Å²) in [6, 6.07) is 11.2. The fraction of sp³-hybridized carbons (Fsp3) is 0.381. The van der Waals surface area contributed by atoms with Crippen LogP contribution in [-0.4, -0.2) is 36.3 Å². The highest BCUT2D eigenvalue weighted by atomic mass is 35.5. The van der Waals surface area contributed by atoms with Crippen LogP contribution in [0.5, 0.6) is 5.75 Å². The molecule has 1 amide bonds. The molecule has 0 bridgehead atoms. The Hall–Kier alpha value is -1.76. The van der Waals surface area contributed by atoms with E-state index in [4.69, 9.17) is 32.7 Å². The topological polar surface area (TPSA) is 50.8 Å². The largest absolute Gasteiger partial charge is 0.493 e. The zero-order chi connectivity index (χ0) is 21.2. The van der Waals surface area contributed by atoms with E-state index in [1.807, 2.05) is 45.0 Å². The van der Waals surface area contributed by atoms with Crippen molar-refractivity contribution in [3.8, 4) is 16.9 Å². The van der Waals surface area contributed by atoms with Crippen molar-refractivity contribution in [3.05, 3.63) is 46.4 Å². The van der Waals surface area contributed by atoms with Crippen molar-refractivity contribution < 1.29 is 14.3 Å². The third kappa shape index (κ3) is 5.65. The predicted octanol–water partition coefficient (Wildman–Crippen LogP) is 6.16. The Bertz CT molecular complexity index is 855. The van der Waals surface area contributed by atoms with Crippen LogP contribution in [0, 0.1) is 5.92 Å². The Balaban J connectivity index is 1.53. The van der Waals surface area contributed by atoms with Gasteiger partial charge in [-0.3, -0.25) is 0 Å². The molecule has 3 rings (SSSR count). The molecule has 0 aliphatic carbocycles. The summed E-state index contributed by atoms with van der Waals surface area (Å²) in [7, 11) is 0. The molecule has 0 aromatic heterocycles. The molecule has 1 fully saturated rings. The van der Waals surface area contributed by atoms with E-state index in [0.29, 0.717) is 35.7 Å². The van der Waals surface area contributed by atoms with E-state index in [2.05, 4.69) is 17.5 Å². The number of halogens is 2. The van der Waals surface area contributed by atoms with Gasteiger partial charge in [-0.05, 0) is 50.6 Å². The predicted molar refractivity (Wildman–Crippen MR) is 121 cm³/mol. The average molecular weight is 455 g/mol. The lowest BCUT2D eigenvalue weighted by atomic mass is 10.0. The van der Waals surface area contributed by atoms with Crippen LogP contribution in [0.4, 0.5) is 10.5 Å². The average Bonchev–Trinajstić information content (AvgIpc) is 2.59. The number of carbonyl (C=O) groups excluding carboxylic acids is 1. The molecule has 1 aliphatic heterocycles. The summed E-state index contributed by atoms with van der Waals surface area (Å²) in [4.78, 5) is 13.7. The Kier molecular flexibility index (Phi) is 6.76. The lowest BCUT2D eigenvalue weighted by Gasteiger charge is -2.39. The highest BCUT2D eigenvalue weighted by molar-refractivity contribution is 7.81. The summed E-state index contributed by atoms with van der Waals surface area (Å²) >= 11 is 16.7. The highest BCUT2D eigenvalue weighted by Gasteiger charge is 2.34.